The molecule has 0 aromatic heterocycles. The van der Waals surface area contributed by atoms with Crippen LogP contribution in [0.1, 0.15) is 37.8 Å². The number of likely N-dealkylation sites (N-methyl/N-ethyl adjacent to an activating group) is 1. The molecule has 0 saturated carbocycles. The number of rotatable bonds is 6. The monoisotopic (exact) mass is 338 g/mol. The largest absolute Gasteiger partial charge is 0.318 e. The van der Waals surface area contributed by atoms with Crippen molar-refractivity contribution in [1.29, 1.82) is 0 Å². The van der Waals surface area contributed by atoms with E-state index in [0.29, 0.717) is 12.2 Å². The summed E-state index contributed by atoms with van der Waals surface area (Å²) in [5.41, 5.74) is 3.66. The molecule has 2 aromatic rings. The molecule has 1 N–H and O–H groups in total. The van der Waals surface area contributed by atoms with Crippen LogP contribution in [0.25, 0.3) is 0 Å². The number of aryl methyl sites for hydroxylation is 2. The topological polar surface area (TPSA) is 49.4 Å². The van der Waals surface area contributed by atoms with Gasteiger partial charge in [0.25, 0.3) is 0 Å². The molecule has 0 atom stereocenters. The number of carbonyl (C=O) groups is 2. The molecule has 0 aliphatic heterocycles. The van der Waals surface area contributed by atoms with Gasteiger partial charge >= 0.3 is 11.8 Å². The average molecular weight is 338 g/mol. The molecule has 25 heavy (non-hydrogen) atoms. The zero-order valence-electron chi connectivity index (χ0n) is 15.2. The van der Waals surface area contributed by atoms with Crippen molar-refractivity contribution < 1.29 is 9.59 Å². The van der Waals surface area contributed by atoms with Crippen molar-refractivity contribution in [3.8, 4) is 0 Å². The van der Waals surface area contributed by atoms with Crippen molar-refractivity contribution in [2.45, 2.75) is 40.0 Å². The fourth-order valence-electron chi connectivity index (χ4n) is 2.68. The summed E-state index contributed by atoms with van der Waals surface area (Å²) in [7, 11) is 0. The highest BCUT2D eigenvalue weighted by Crippen LogP contribution is 2.17. The van der Waals surface area contributed by atoms with E-state index >= 15 is 0 Å². The van der Waals surface area contributed by atoms with E-state index < -0.39 is 11.8 Å². The first kappa shape index (κ1) is 18.7. The van der Waals surface area contributed by atoms with Crippen molar-refractivity contribution in [2.24, 2.45) is 0 Å². The molecule has 0 spiro atoms. The molecule has 0 aliphatic carbocycles. The summed E-state index contributed by atoms with van der Waals surface area (Å²) in [6.07, 6.45) is 3.32. The SMILES string of the molecule is CCCCc1ccc(NC(=O)C(=O)N(CC)c2cccc(C)c2)cc1. The van der Waals surface area contributed by atoms with Crippen molar-refractivity contribution in [1.82, 2.24) is 0 Å². The number of nitrogens with one attached hydrogen (secondary N) is 1. The molecule has 2 rings (SSSR count). The molecule has 0 unspecified atom stereocenters. The number of anilines is 2. The van der Waals surface area contributed by atoms with Crippen LogP contribution in [-0.2, 0) is 16.0 Å². The fraction of sp³-hybridized carbons (Fsp3) is 0.333. The number of nitrogens with zero attached hydrogens (tertiary/aromatic N) is 1. The van der Waals surface area contributed by atoms with Gasteiger partial charge in [-0.15, -0.1) is 0 Å². The second-order valence-electron chi connectivity index (χ2n) is 6.14. The van der Waals surface area contributed by atoms with Gasteiger partial charge in [0, 0.05) is 17.9 Å². The summed E-state index contributed by atoms with van der Waals surface area (Å²) in [6.45, 7) is 6.41. The normalized spacial score (nSPS) is 10.4. The molecule has 0 radical (unpaired) electrons. The Balaban J connectivity index is 2.04. The average Bonchev–Trinajstić information content (AvgIpc) is 2.61. The maximum Gasteiger partial charge on any atom is 0.316 e. The highest BCUT2D eigenvalue weighted by molar-refractivity contribution is 6.44. The molecule has 0 saturated heterocycles. The van der Waals surface area contributed by atoms with Crippen LogP contribution in [0.3, 0.4) is 0 Å². The third-order valence-corrected chi connectivity index (χ3v) is 4.10. The minimum atomic E-state index is -0.621. The summed E-state index contributed by atoms with van der Waals surface area (Å²) in [6, 6.07) is 15.3. The maximum absolute atomic E-state index is 12.5. The Kier molecular flexibility index (Phi) is 6.75. The van der Waals surface area contributed by atoms with E-state index in [1.807, 2.05) is 62.4 Å². The standard InChI is InChI=1S/C21H26N2O2/c1-4-6-9-17-11-13-18(14-12-17)22-20(24)21(25)23(5-2)19-10-7-8-16(3)15-19/h7-8,10-15H,4-6,9H2,1-3H3,(H,22,24). The predicted octanol–water partition coefficient (Wildman–Crippen LogP) is 4.33. The van der Waals surface area contributed by atoms with Crippen molar-refractivity contribution >= 4 is 23.2 Å². The quantitative estimate of drug-likeness (QED) is 0.797. The Morgan fingerprint density at radius 3 is 2.36 bits per heavy atom. The Labute approximate surface area is 149 Å². The van der Waals surface area contributed by atoms with Crippen molar-refractivity contribution in [3.05, 3.63) is 59.7 Å². The van der Waals surface area contributed by atoms with Crippen LogP contribution in [0.5, 0.6) is 0 Å². The summed E-state index contributed by atoms with van der Waals surface area (Å²) < 4.78 is 0. The van der Waals surface area contributed by atoms with E-state index in [0.717, 1.165) is 30.5 Å². The van der Waals surface area contributed by atoms with Gasteiger partial charge in [-0.25, -0.2) is 0 Å². The molecular weight excluding hydrogens is 312 g/mol. The zero-order valence-corrected chi connectivity index (χ0v) is 15.2. The van der Waals surface area contributed by atoms with Crippen LogP contribution in [0.4, 0.5) is 11.4 Å². The lowest BCUT2D eigenvalue weighted by Crippen LogP contribution is -2.39. The van der Waals surface area contributed by atoms with Crippen LogP contribution in [-0.4, -0.2) is 18.4 Å². The van der Waals surface area contributed by atoms with Gasteiger partial charge in [-0.3, -0.25) is 9.59 Å². The van der Waals surface area contributed by atoms with Gasteiger partial charge in [0.05, 0.1) is 0 Å². The van der Waals surface area contributed by atoms with E-state index in [2.05, 4.69) is 12.2 Å². The molecule has 132 valence electrons. The smallest absolute Gasteiger partial charge is 0.316 e. The number of amides is 2. The van der Waals surface area contributed by atoms with Crippen LogP contribution < -0.4 is 10.2 Å². The summed E-state index contributed by atoms with van der Waals surface area (Å²) in [5.74, 6) is -1.17. The van der Waals surface area contributed by atoms with Crippen LogP contribution >= 0.6 is 0 Å². The minimum absolute atomic E-state index is 0.436. The third-order valence-electron chi connectivity index (χ3n) is 4.10. The Morgan fingerprint density at radius 2 is 1.76 bits per heavy atom. The first-order valence-electron chi connectivity index (χ1n) is 8.83. The van der Waals surface area contributed by atoms with Gasteiger partial charge in [0.1, 0.15) is 0 Å². The highest BCUT2D eigenvalue weighted by Gasteiger charge is 2.22. The molecule has 4 nitrogen and oxygen atoms in total. The van der Waals surface area contributed by atoms with Crippen molar-refractivity contribution in [2.75, 3.05) is 16.8 Å². The molecule has 0 aliphatic rings. The predicted molar refractivity (Wildman–Crippen MR) is 103 cm³/mol. The van der Waals surface area contributed by atoms with E-state index in [-0.39, 0.29) is 0 Å². The number of carbonyl (C=O) groups excluding carboxylic acids is 2. The van der Waals surface area contributed by atoms with E-state index in [9.17, 15) is 9.59 Å². The van der Waals surface area contributed by atoms with Crippen molar-refractivity contribution in [3.63, 3.8) is 0 Å². The summed E-state index contributed by atoms with van der Waals surface area (Å²) in [5, 5.41) is 2.69. The lowest BCUT2D eigenvalue weighted by molar-refractivity contribution is -0.134. The van der Waals surface area contributed by atoms with Gasteiger partial charge < -0.3 is 10.2 Å². The Bertz CT molecular complexity index is 723. The number of hydrogen-bond donors (Lipinski definition) is 1. The molecule has 0 heterocycles. The summed E-state index contributed by atoms with van der Waals surface area (Å²) in [4.78, 5) is 26.3. The molecular formula is C21H26N2O2. The molecule has 0 fully saturated rings. The van der Waals surface area contributed by atoms with Crippen LogP contribution in [0.15, 0.2) is 48.5 Å². The zero-order chi connectivity index (χ0) is 18.2. The van der Waals surface area contributed by atoms with E-state index in [1.165, 1.54) is 10.5 Å². The lowest BCUT2D eigenvalue weighted by atomic mass is 10.1. The second kappa shape index (κ2) is 9.02. The highest BCUT2D eigenvalue weighted by atomic mass is 16.2. The molecule has 2 amide bonds. The summed E-state index contributed by atoms with van der Waals surface area (Å²) >= 11 is 0. The number of hydrogen-bond acceptors (Lipinski definition) is 2. The number of benzene rings is 2. The van der Waals surface area contributed by atoms with E-state index in [1.54, 1.807) is 0 Å². The van der Waals surface area contributed by atoms with Gasteiger partial charge in [0.2, 0.25) is 0 Å². The van der Waals surface area contributed by atoms with Gasteiger partial charge in [0.15, 0.2) is 0 Å². The van der Waals surface area contributed by atoms with Gasteiger partial charge in [-0.2, -0.15) is 0 Å². The first-order valence-corrected chi connectivity index (χ1v) is 8.83. The lowest BCUT2D eigenvalue weighted by Gasteiger charge is -2.20. The second-order valence-corrected chi connectivity index (χ2v) is 6.14. The van der Waals surface area contributed by atoms with E-state index in [4.69, 9.17) is 0 Å². The Morgan fingerprint density at radius 1 is 1.04 bits per heavy atom. The first-order chi connectivity index (χ1) is 12.0. The van der Waals surface area contributed by atoms with Gasteiger partial charge in [-0.05, 0) is 62.1 Å². The molecule has 0 bridgehead atoms. The number of unbranched alkanes of at least 4 members (excludes halogenated alkanes) is 1. The van der Waals surface area contributed by atoms with Crippen LogP contribution in [0, 0.1) is 6.92 Å². The van der Waals surface area contributed by atoms with Gasteiger partial charge in [-0.1, -0.05) is 37.6 Å². The fourth-order valence-corrected chi connectivity index (χ4v) is 2.68. The maximum atomic E-state index is 12.5. The Hall–Kier alpha value is -2.62. The molecule has 4 heteroatoms. The minimum Gasteiger partial charge on any atom is -0.318 e. The van der Waals surface area contributed by atoms with Crippen LogP contribution in [0.2, 0.25) is 0 Å². The third kappa shape index (κ3) is 5.18. The molecule has 2 aromatic carbocycles.